The van der Waals surface area contributed by atoms with Crippen LogP contribution in [-0.4, -0.2) is 67.9 Å². The molecule has 2 fully saturated rings. The van der Waals surface area contributed by atoms with E-state index in [-0.39, 0.29) is 0 Å². The van der Waals surface area contributed by atoms with Crippen molar-refractivity contribution in [1.82, 2.24) is 9.80 Å². The summed E-state index contributed by atoms with van der Waals surface area (Å²) in [6.07, 6.45) is 3.77. The molecule has 1 N–H and O–H groups in total. The number of piperidine rings is 1. The molecule has 0 atom stereocenters. The summed E-state index contributed by atoms with van der Waals surface area (Å²) in [6, 6.07) is 7.78. The van der Waals surface area contributed by atoms with E-state index >= 15 is 0 Å². The van der Waals surface area contributed by atoms with Gasteiger partial charge in [0.05, 0.1) is 0 Å². The van der Waals surface area contributed by atoms with Crippen LogP contribution in [0.5, 0.6) is 0 Å². The third-order valence-electron chi connectivity index (χ3n) is 4.83. The molecular formula is C18H26N4O2. The van der Waals surface area contributed by atoms with Gasteiger partial charge in [-0.25, -0.2) is 0 Å². The monoisotopic (exact) mass is 330 g/mol. The number of nitrogens with one attached hydrogen (secondary N) is 1. The Morgan fingerprint density at radius 3 is 2.12 bits per heavy atom. The fourth-order valence-electron chi connectivity index (χ4n) is 3.25. The smallest absolute Gasteiger partial charge is 0.313 e. The first-order valence-electron chi connectivity index (χ1n) is 8.77. The number of likely N-dealkylation sites (N-methyl/N-ethyl adjacent to an activating group) is 1. The Morgan fingerprint density at radius 2 is 1.50 bits per heavy atom. The number of carbonyl (C=O) groups is 2. The number of amides is 2. The Bertz CT molecular complexity index is 573. The predicted molar refractivity (Wildman–Crippen MR) is 95.2 cm³/mol. The topological polar surface area (TPSA) is 55.9 Å². The Labute approximate surface area is 143 Å². The molecule has 0 aromatic heterocycles. The van der Waals surface area contributed by atoms with Gasteiger partial charge >= 0.3 is 11.8 Å². The summed E-state index contributed by atoms with van der Waals surface area (Å²) in [5, 5.41) is 2.72. The van der Waals surface area contributed by atoms with Crippen molar-refractivity contribution in [2.45, 2.75) is 19.3 Å². The standard InChI is InChI=1S/C18H26N4O2/c1-20-11-13-22(14-12-20)18(24)17(23)19-15-5-7-16(8-6-15)21-9-3-2-4-10-21/h5-8H,2-4,9-14H2,1H3,(H,19,23). The summed E-state index contributed by atoms with van der Waals surface area (Å²) in [5.41, 5.74) is 1.85. The van der Waals surface area contributed by atoms with E-state index in [1.165, 1.54) is 24.9 Å². The average Bonchev–Trinajstić information content (AvgIpc) is 2.63. The summed E-state index contributed by atoms with van der Waals surface area (Å²) in [7, 11) is 2.02. The van der Waals surface area contributed by atoms with Crippen molar-refractivity contribution < 1.29 is 9.59 Å². The molecule has 2 amide bonds. The minimum Gasteiger partial charge on any atom is -0.372 e. The molecule has 0 saturated carbocycles. The predicted octanol–water partition coefficient (Wildman–Crippen LogP) is 1.39. The average molecular weight is 330 g/mol. The molecule has 130 valence electrons. The number of carbonyl (C=O) groups excluding carboxylic acids is 2. The zero-order chi connectivity index (χ0) is 16.9. The molecule has 2 heterocycles. The van der Waals surface area contributed by atoms with E-state index in [0.29, 0.717) is 18.8 Å². The van der Waals surface area contributed by atoms with Crippen LogP contribution >= 0.6 is 0 Å². The molecule has 3 rings (SSSR count). The number of piperazine rings is 1. The zero-order valence-corrected chi connectivity index (χ0v) is 14.3. The van der Waals surface area contributed by atoms with Crippen LogP contribution in [0.4, 0.5) is 11.4 Å². The Balaban J connectivity index is 1.55. The molecule has 2 aliphatic rings. The van der Waals surface area contributed by atoms with Crippen molar-refractivity contribution in [3.05, 3.63) is 24.3 Å². The number of hydrogen-bond acceptors (Lipinski definition) is 4. The molecular weight excluding hydrogens is 304 g/mol. The zero-order valence-electron chi connectivity index (χ0n) is 14.3. The molecule has 2 aliphatic heterocycles. The van der Waals surface area contributed by atoms with Gasteiger partial charge < -0.3 is 20.0 Å². The molecule has 1 aromatic carbocycles. The lowest BCUT2D eigenvalue weighted by molar-refractivity contribution is -0.144. The minimum absolute atomic E-state index is 0.441. The molecule has 24 heavy (non-hydrogen) atoms. The van der Waals surface area contributed by atoms with Crippen molar-refractivity contribution in [2.75, 3.05) is 56.5 Å². The summed E-state index contributed by atoms with van der Waals surface area (Å²) < 4.78 is 0. The highest BCUT2D eigenvalue weighted by atomic mass is 16.2. The molecule has 0 spiro atoms. The van der Waals surface area contributed by atoms with Gasteiger partial charge in [-0.2, -0.15) is 0 Å². The molecule has 6 nitrogen and oxygen atoms in total. The van der Waals surface area contributed by atoms with Crippen molar-refractivity contribution in [3.8, 4) is 0 Å². The van der Waals surface area contributed by atoms with Crippen LogP contribution in [0.3, 0.4) is 0 Å². The first-order chi connectivity index (χ1) is 11.6. The van der Waals surface area contributed by atoms with Crippen LogP contribution in [0.1, 0.15) is 19.3 Å². The maximum Gasteiger partial charge on any atom is 0.313 e. The maximum atomic E-state index is 12.2. The molecule has 2 saturated heterocycles. The number of anilines is 2. The Hall–Kier alpha value is -2.08. The van der Waals surface area contributed by atoms with Crippen LogP contribution < -0.4 is 10.2 Å². The first-order valence-corrected chi connectivity index (χ1v) is 8.77. The van der Waals surface area contributed by atoms with Crippen LogP contribution in [0.15, 0.2) is 24.3 Å². The first kappa shape index (κ1) is 16.8. The van der Waals surface area contributed by atoms with Gasteiger partial charge in [0.15, 0.2) is 0 Å². The fourth-order valence-corrected chi connectivity index (χ4v) is 3.25. The molecule has 1 aromatic rings. The van der Waals surface area contributed by atoms with Gasteiger partial charge in [0.1, 0.15) is 0 Å². The second-order valence-corrected chi connectivity index (χ2v) is 6.64. The Morgan fingerprint density at radius 1 is 0.875 bits per heavy atom. The van der Waals surface area contributed by atoms with Crippen molar-refractivity contribution in [1.29, 1.82) is 0 Å². The highest BCUT2D eigenvalue weighted by molar-refractivity contribution is 6.39. The molecule has 0 aliphatic carbocycles. The number of benzene rings is 1. The van der Waals surface area contributed by atoms with Gasteiger partial charge in [0, 0.05) is 50.6 Å². The lowest BCUT2D eigenvalue weighted by Gasteiger charge is -2.31. The van der Waals surface area contributed by atoms with Gasteiger partial charge in [-0.15, -0.1) is 0 Å². The summed E-state index contributed by atoms with van der Waals surface area (Å²) in [6.45, 7) is 5.02. The van der Waals surface area contributed by atoms with E-state index in [0.717, 1.165) is 26.2 Å². The van der Waals surface area contributed by atoms with Crippen LogP contribution in [0.2, 0.25) is 0 Å². The third kappa shape index (κ3) is 4.06. The van der Waals surface area contributed by atoms with Gasteiger partial charge in [-0.1, -0.05) is 0 Å². The Kier molecular flexibility index (Phi) is 5.35. The van der Waals surface area contributed by atoms with Gasteiger partial charge in [0.2, 0.25) is 0 Å². The van der Waals surface area contributed by atoms with Crippen LogP contribution in [0, 0.1) is 0 Å². The lowest BCUT2D eigenvalue weighted by Crippen LogP contribution is -2.50. The van der Waals surface area contributed by atoms with Gasteiger partial charge in [-0.05, 0) is 50.6 Å². The van der Waals surface area contributed by atoms with Crippen molar-refractivity contribution >= 4 is 23.2 Å². The third-order valence-corrected chi connectivity index (χ3v) is 4.83. The van der Waals surface area contributed by atoms with Gasteiger partial charge in [0.25, 0.3) is 0 Å². The number of nitrogens with zero attached hydrogens (tertiary/aromatic N) is 3. The molecule has 0 radical (unpaired) electrons. The van der Waals surface area contributed by atoms with Crippen LogP contribution in [0.25, 0.3) is 0 Å². The van der Waals surface area contributed by atoms with E-state index in [4.69, 9.17) is 0 Å². The maximum absolute atomic E-state index is 12.2. The quantitative estimate of drug-likeness (QED) is 0.833. The van der Waals surface area contributed by atoms with Crippen molar-refractivity contribution in [2.24, 2.45) is 0 Å². The molecule has 0 bridgehead atoms. The summed E-state index contributed by atoms with van der Waals surface area (Å²) >= 11 is 0. The van der Waals surface area contributed by atoms with E-state index in [9.17, 15) is 9.59 Å². The lowest BCUT2D eigenvalue weighted by atomic mass is 10.1. The van der Waals surface area contributed by atoms with Crippen LogP contribution in [-0.2, 0) is 9.59 Å². The normalized spacial score (nSPS) is 19.2. The summed E-state index contributed by atoms with van der Waals surface area (Å²) in [4.78, 5) is 30.5. The van der Waals surface area contributed by atoms with E-state index < -0.39 is 11.8 Å². The summed E-state index contributed by atoms with van der Waals surface area (Å²) in [5.74, 6) is -0.992. The largest absolute Gasteiger partial charge is 0.372 e. The fraction of sp³-hybridized carbons (Fsp3) is 0.556. The number of hydrogen-bond donors (Lipinski definition) is 1. The highest BCUT2D eigenvalue weighted by Crippen LogP contribution is 2.21. The highest BCUT2D eigenvalue weighted by Gasteiger charge is 2.24. The second-order valence-electron chi connectivity index (χ2n) is 6.64. The second kappa shape index (κ2) is 7.66. The van der Waals surface area contributed by atoms with Crippen molar-refractivity contribution in [3.63, 3.8) is 0 Å². The molecule has 0 unspecified atom stereocenters. The van der Waals surface area contributed by atoms with Gasteiger partial charge in [-0.3, -0.25) is 9.59 Å². The minimum atomic E-state index is -0.551. The molecule has 6 heteroatoms. The SMILES string of the molecule is CN1CCN(C(=O)C(=O)Nc2ccc(N3CCCCC3)cc2)CC1. The number of rotatable bonds is 2. The van der Waals surface area contributed by atoms with E-state index in [2.05, 4.69) is 15.1 Å². The van der Waals surface area contributed by atoms with E-state index in [1.807, 2.05) is 31.3 Å². The van der Waals surface area contributed by atoms with E-state index in [1.54, 1.807) is 4.90 Å².